The summed E-state index contributed by atoms with van der Waals surface area (Å²) in [7, 11) is -3.80. The molecule has 6 nitrogen and oxygen atoms in total. The molecular formula is C11H16N4O2S2. The van der Waals surface area contributed by atoms with E-state index in [9.17, 15) is 8.42 Å². The molecule has 0 aromatic carbocycles. The van der Waals surface area contributed by atoms with Crippen LogP contribution in [0.5, 0.6) is 0 Å². The molecule has 8 heteroatoms. The third-order valence-electron chi connectivity index (χ3n) is 2.77. The average molecular weight is 300 g/mol. The van der Waals surface area contributed by atoms with Gasteiger partial charge in [0.05, 0.1) is 0 Å². The molecule has 0 atom stereocenters. The van der Waals surface area contributed by atoms with Crippen molar-refractivity contribution in [1.82, 2.24) is 14.8 Å². The van der Waals surface area contributed by atoms with E-state index in [0.29, 0.717) is 18.8 Å². The number of aromatic nitrogens is 3. The molecule has 0 unspecified atom stereocenters. The lowest BCUT2D eigenvalue weighted by atomic mass is 10.2. The molecule has 0 saturated carbocycles. The van der Waals surface area contributed by atoms with Crippen molar-refractivity contribution >= 4 is 21.4 Å². The number of rotatable bonds is 6. The van der Waals surface area contributed by atoms with E-state index in [-0.39, 0.29) is 5.16 Å². The molecule has 0 aliphatic heterocycles. The molecule has 0 spiro atoms. The van der Waals surface area contributed by atoms with Gasteiger partial charge in [-0.25, -0.2) is 13.6 Å². The van der Waals surface area contributed by atoms with Gasteiger partial charge in [-0.1, -0.05) is 6.07 Å². The number of nitrogens with two attached hydrogens (primary N) is 1. The lowest BCUT2D eigenvalue weighted by Crippen LogP contribution is -2.19. The summed E-state index contributed by atoms with van der Waals surface area (Å²) in [6.07, 6.45) is 2.55. The van der Waals surface area contributed by atoms with Crippen LogP contribution in [-0.2, 0) is 29.4 Å². The van der Waals surface area contributed by atoms with Crippen molar-refractivity contribution in [2.75, 3.05) is 0 Å². The zero-order chi connectivity index (χ0) is 13.9. The van der Waals surface area contributed by atoms with Crippen LogP contribution in [0.3, 0.4) is 0 Å². The molecule has 0 aliphatic rings. The Morgan fingerprint density at radius 1 is 1.37 bits per heavy atom. The molecule has 19 heavy (non-hydrogen) atoms. The van der Waals surface area contributed by atoms with Crippen LogP contribution in [0.4, 0.5) is 0 Å². The number of primary sulfonamides is 1. The molecule has 2 rings (SSSR count). The number of sulfonamides is 1. The third kappa shape index (κ3) is 3.40. The van der Waals surface area contributed by atoms with E-state index in [0.717, 1.165) is 12.8 Å². The number of nitrogens with zero attached hydrogens (tertiary/aromatic N) is 3. The van der Waals surface area contributed by atoms with Gasteiger partial charge in [-0.15, -0.1) is 21.5 Å². The first-order valence-corrected chi connectivity index (χ1v) is 8.42. The van der Waals surface area contributed by atoms with E-state index in [2.05, 4.69) is 16.3 Å². The van der Waals surface area contributed by atoms with Gasteiger partial charge in [0.2, 0.25) is 0 Å². The predicted molar refractivity (Wildman–Crippen MR) is 73.4 cm³/mol. The molecular weight excluding hydrogens is 284 g/mol. The molecule has 0 fully saturated rings. The fourth-order valence-electron chi connectivity index (χ4n) is 1.91. The van der Waals surface area contributed by atoms with Gasteiger partial charge in [0.25, 0.3) is 15.2 Å². The highest BCUT2D eigenvalue weighted by Crippen LogP contribution is 2.14. The lowest BCUT2D eigenvalue weighted by molar-refractivity contribution is 0.561. The number of aryl methyl sites for hydroxylation is 2. The van der Waals surface area contributed by atoms with Gasteiger partial charge in [-0.05, 0) is 31.2 Å². The Morgan fingerprint density at radius 2 is 2.16 bits per heavy atom. The largest absolute Gasteiger partial charge is 0.301 e. The molecule has 0 radical (unpaired) electrons. The molecule has 0 saturated heterocycles. The Hall–Kier alpha value is -1.25. The second kappa shape index (κ2) is 5.81. The van der Waals surface area contributed by atoms with Crippen molar-refractivity contribution in [3.8, 4) is 0 Å². The summed E-state index contributed by atoms with van der Waals surface area (Å²) in [5.41, 5.74) is 0. The van der Waals surface area contributed by atoms with Crippen LogP contribution >= 0.6 is 11.3 Å². The Morgan fingerprint density at radius 3 is 2.74 bits per heavy atom. The van der Waals surface area contributed by atoms with Gasteiger partial charge in [0.15, 0.2) is 0 Å². The minimum absolute atomic E-state index is 0.152. The van der Waals surface area contributed by atoms with Crippen molar-refractivity contribution < 1.29 is 8.42 Å². The third-order valence-corrected chi connectivity index (χ3v) is 4.51. The first-order chi connectivity index (χ1) is 9.02. The van der Waals surface area contributed by atoms with Gasteiger partial charge >= 0.3 is 0 Å². The molecule has 2 aromatic rings. The van der Waals surface area contributed by atoms with E-state index in [4.69, 9.17) is 5.14 Å². The minimum Gasteiger partial charge on any atom is -0.301 e. The molecule has 0 bridgehead atoms. The van der Waals surface area contributed by atoms with Gasteiger partial charge < -0.3 is 4.57 Å². The Kier molecular flexibility index (Phi) is 4.33. The van der Waals surface area contributed by atoms with Crippen LogP contribution in [0.25, 0.3) is 0 Å². The van der Waals surface area contributed by atoms with E-state index in [1.165, 1.54) is 4.88 Å². The van der Waals surface area contributed by atoms with Gasteiger partial charge in [0.1, 0.15) is 5.82 Å². The van der Waals surface area contributed by atoms with Gasteiger partial charge in [-0.2, -0.15) is 0 Å². The topological polar surface area (TPSA) is 90.9 Å². The number of thiophene rings is 1. The summed E-state index contributed by atoms with van der Waals surface area (Å²) in [5.74, 6) is 0.670. The number of hydrogen-bond donors (Lipinski definition) is 1. The van der Waals surface area contributed by atoms with Crippen molar-refractivity contribution in [1.29, 1.82) is 0 Å². The molecule has 0 amide bonds. The van der Waals surface area contributed by atoms with Crippen LogP contribution in [0.1, 0.15) is 24.0 Å². The Labute approximate surface area is 116 Å². The maximum atomic E-state index is 11.3. The monoisotopic (exact) mass is 300 g/mol. The molecule has 2 heterocycles. The summed E-state index contributed by atoms with van der Waals surface area (Å²) >= 11 is 1.72. The van der Waals surface area contributed by atoms with Crippen LogP contribution in [0.15, 0.2) is 22.7 Å². The highest BCUT2D eigenvalue weighted by atomic mass is 32.2. The lowest BCUT2D eigenvalue weighted by Gasteiger charge is -2.05. The van der Waals surface area contributed by atoms with Gasteiger partial charge in [-0.3, -0.25) is 0 Å². The molecule has 2 aromatic heterocycles. The summed E-state index contributed by atoms with van der Waals surface area (Å²) < 4.78 is 24.2. The second-order valence-electron chi connectivity index (χ2n) is 4.12. The highest BCUT2D eigenvalue weighted by Gasteiger charge is 2.19. The highest BCUT2D eigenvalue weighted by molar-refractivity contribution is 7.89. The SMILES string of the molecule is CCn1c(CCCc2cccs2)nnc1S(N)(=O)=O. The molecule has 0 aliphatic carbocycles. The first-order valence-electron chi connectivity index (χ1n) is 5.99. The Balaban J connectivity index is 2.07. The summed E-state index contributed by atoms with van der Waals surface area (Å²) in [6.45, 7) is 2.34. The van der Waals surface area contributed by atoms with Crippen LogP contribution in [0.2, 0.25) is 0 Å². The van der Waals surface area contributed by atoms with Gasteiger partial charge in [0, 0.05) is 17.8 Å². The van der Waals surface area contributed by atoms with Crippen molar-refractivity contribution in [2.45, 2.75) is 37.9 Å². The molecule has 2 N–H and O–H groups in total. The maximum Gasteiger partial charge on any atom is 0.273 e. The smallest absolute Gasteiger partial charge is 0.273 e. The predicted octanol–water partition coefficient (Wildman–Crippen LogP) is 1.18. The zero-order valence-corrected chi connectivity index (χ0v) is 12.2. The fraction of sp³-hybridized carbons (Fsp3) is 0.455. The average Bonchev–Trinajstić information content (AvgIpc) is 2.96. The van der Waals surface area contributed by atoms with Crippen LogP contribution < -0.4 is 5.14 Å². The normalized spacial score (nSPS) is 11.9. The van der Waals surface area contributed by atoms with Crippen molar-refractivity contribution in [3.63, 3.8) is 0 Å². The van der Waals surface area contributed by atoms with E-state index in [1.807, 2.05) is 18.4 Å². The Bertz CT molecular complexity index is 632. The fourth-order valence-corrected chi connectivity index (χ4v) is 3.36. The van der Waals surface area contributed by atoms with Crippen molar-refractivity contribution in [2.24, 2.45) is 5.14 Å². The summed E-state index contributed by atoms with van der Waals surface area (Å²) in [6, 6.07) is 4.11. The summed E-state index contributed by atoms with van der Waals surface area (Å²) in [4.78, 5) is 1.31. The first kappa shape index (κ1) is 14.2. The van der Waals surface area contributed by atoms with E-state index in [1.54, 1.807) is 15.9 Å². The molecule has 104 valence electrons. The van der Waals surface area contributed by atoms with Crippen molar-refractivity contribution in [3.05, 3.63) is 28.2 Å². The quantitative estimate of drug-likeness (QED) is 0.867. The summed E-state index contributed by atoms with van der Waals surface area (Å²) in [5, 5.41) is 14.6. The number of hydrogen-bond acceptors (Lipinski definition) is 5. The van der Waals surface area contributed by atoms with Crippen LogP contribution in [-0.4, -0.2) is 23.2 Å². The van der Waals surface area contributed by atoms with Crippen LogP contribution in [0, 0.1) is 0 Å². The standard InChI is InChI=1S/C11H16N4O2S2/c1-2-15-10(13-14-11(15)19(12,16)17)7-3-5-9-6-4-8-18-9/h4,6,8H,2-3,5,7H2,1H3,(H2,12,16,17). The van der Waals surface area contributed by atoms with E-state index >= 15 is 0 Å². The maximum absolute atomic E-state index is 11.3. The minimum atomic E-state index is -3.80. The van der Waals surface area contributed by atoms with E-state index < -0.39 is 10.0 Å². The zero-order valence-electron chi connectivity index (χ0n) is 10.6. The second-order valence-corrected chi connectivity index (χ2v) is 6.61.